The molecule has 2 unspecified atom stereocenters. The molecule has 2 aliphatic heterocycles. The molecule has 2 fully saturated rings. The van der Waals surface area contributed by atoms with Gasteiger partial charge in [-0.2, -0.15) is 0 Å². The summed E-state index contributed by atoms with van der Waals surface area (Å²) in [7, 11) is 0. The summed E-state index contributed by atoms with van der Waals surface area (Å²) in [5.74, 6) is 0.244. The van der Waals surface area contributed by atoms with Gasteiger partial charge < -0.3 is 15.5 Å². The molecule has 4 nitrogen and oxygen atoms in total. The Hall–Kier alpha value is -0.910. The van der Waals surface area contributed by atoms with Crippen LogP contribution in [-0.4, -0.2) is 42.5 Å². The van der Waals surface area contributed by atoms with Gasteiger partial charge in [-0.05, 0) is 44.2 Å². The summed E-state index contributed by atoms with van der Waals surface area (Å²) >= 11 is 1.76. The second-order valence-electron chi connectivity index (χ2n) is 6.10. The van der Waals surface area contributed by atoms with Gasteiger partial charge in [-0.15, -0.1) is 11.3 Å². The van der Waals surface area contributed by atoms with Crippen molar-refractivity contribution in [2.24, 2.45) is 0 Å². The van der Waals surface area contributed by atoms with Crippen LogP contribution in [-0.2, 0) is 4.79 Å². The monoisotopic (exact) mass is 293 g/mol. The number of likely N-dealkylation sites (tertiary alicyclic amines) is 1. The van der Waals surface area contributed by atoms with Crippen LogP contribution in [0.25, 0.3) is 0 Å². The van der Waals surface area contributed by atoms with Crippen LogP contribution in [0, 0.1) is 0 Å². The van der Waals surface area contributed by atoms with Gasteiger partial charge in [0.15, 0.2) is 0 Å². The number of carbonyl (C=O) groups excluding carboxylic acids is 1. The molecule has 3 rings (SSSR count). The lowest BCUT2D eigenvalue weighted by atomic mass is 10.0. The van der Waals surface area contributed by atoms with E-state index in [9.17, 15) is 4.79 Å². The van der Waals surface area contributed by atoms with Gasteiger partial charge in [-0.25, -0.2) is 0 Å². The lowest BCUT2D eigenvalue weighted by Gasteiger charge is -2.28. The number of rotatable bonds is 4. The van der Waals surface area contributed by atoms with Crippen molar-refractivity contribution >= 4 is 17.2 Å². The number of nitrogens with zero attached hydrogens (tertiary/aromatic N) is 1. The van der Waals surface area contributed by atoms with E-state index in [1.165, 1.54) is 4.88 Å². The number of thiophene rings is 1. The first-order valence-corrected chi connectivity index (χ1v) is 8.35. The zero-order chi connectivity index (χ0) is 14.0. The van der Waals surface area contributed by atoms with E-state index in [0.29, 0.717) is 12.6 Å². The summed E-state index contributed by atoms with van der Waals surface area (Å²) in [5, 5.41) is 8.90. The molecule has 110 valence electrons. The van der Waals surface area contributed by atoms with Crippen LogP contribution in [0.15, 0.2) is 17.5 Å². The third kappa shape index (κ3) is 2.90. The van der Waals surface area contributed by atoms with Crippen molar-refractivity contribution < 1.29 is 4.79 Å². The summed E-state index contributed by atoms with van der Waals surface area (Å²) in [4.78, 5) is 15.9. The van der Waals surface area contributed by atoms with E-state index in [4.69, 9.17) is 0 Å². The predicted molar refractivity (Wildman–Crippen MR) is 81.9 cm³/mol. The van der Waals surface area contributed by atoms with Gasteiger partial charge in [0.1, 0.15) is 0 Å². The van der Waals surface area contributed by atoms with Crippen molar-refractivity contribution in [3.8, 4) is 0 Å². The Balaban J connectivity index is 1.59. The summed E-state index contributed by atoms with van der Waals surface area (Å²) in [5.41, 5.74) is 0.0772. The van der Waals surface area contributed by atoms with E-state index in [1.54, 1.807) is 11.3 Å². The normalized spacial score (nSPS) is 30.1. The molecule has 5 heteroatoms. The number of nitrogens with one attached hydrogen (secondary N) is 2. The smallest absolute Gasteiger partial charge is 0.237 e. The minimum absolute atomic E-state index is 0.0772. The molecule has 3 heterocycles. The van der Waals surface area contributed by atoms with Crippen molar-refractivity contribution in [2.75, 3.05) is 26.2 Å². The molecule has 0 aliphatic carbocycles. The highest BCUT2D eigenvalue weighted by molar-refractivity contribution is 7.10. The van der Waals surface area contributed by atoms with Gasteiger partial charge in [0.05, 0.1) is 12.6 Å². The summed E-state index contributed by atoms with van der Waals surface area (Å²) in [6.07, 6.45) is 3.31. The molecule has 2 saturated heterocycles. The molecular formula is C15H23N3OS. The van der Waals surface area contributed by atoms with Crippen molar-refractivity contribution in [1.29, 1.82) is 0 Å². The molecule has 0 bridgehead atoms. The van der Waals surface area contributed by atoms with Crippen LogP contribution in [0.2, 0.25) is 0 Å². The molecule has 1 aromatic heterocycles. The second kappa shape index (κ2) is 5.84. The first-order chi connectivity index (χ1) is 9.68. The first kappa shape index (κ1) is 14.0. The van der Waals surface area contributed by atoms with Crippen molar-refractivity contribution in [1.82, 2.24) is 15.5 Å². The fourth-order valence-corrected chi connectivity index (χ4v) is 4.07. The summed E-state index contributed by atoms with van der Waals surface area (Å²) in [6.45, 7) is 5.55. The molecule has 1 amide bonds. The van der Waals surface area contributed by atoms with Gasteiger partial charge in [-0.1, -0.05) is 6.07 Å². The van der Waals surface area contributed by atoms with Crippen LogP contribution in [0.4, 0.5) is 0 Å². The Kier molecular flexibility index (Phi) is 4.10. The van der Waals surface area contributed by atoms with Crippen LogP contribution in [0.3, 0.4) is 0 Å². The van der Waals surface area contributed by atoms with Crippen LogP contribution in [0.1, 0.15) is 37.1 Å². The average molecular weight is 293 g/mol. The molecule has 0 spiro atoms. The third-order valence-corrected chi connectivity index (χ3v) is 5.45. The van der Waals surface area contributed by atoms with E-state index in [2.05, 4.69) is 40.0 Å². The minimum Gasteiger partial charge on any atom is -0.334 e. The Morgan fingerprint density at radius 1 is 1.65 bits per heavy atom. The largest absolute Gasteiger partial charge is 0.334 e. The Morgan fingerprint density at radius 3 is 3.25 bits per heavy atom. The lowest BCUT2D eigenvalue weighted by Crippen LogP contribution is -2.49. The van der Waals surface area contributed by atoms with Crippen molar-refractivity contribution in [3.05, 3.63) is 22.4 Å². The number of hydrogen-bond donors (Lipinski definition) is 2. The zero-order valence-electron chi connectivity index (χ0n) is 12.0. The lowest BCUT2D eigenvalue weighted by molar-refractivity contribution is -0.131. The molecule has 2 atom stereocenters. The maximum absolute atomic E-state index is 12.5. The highest BCUT2D eigenvalue weighted by atomic mass is 32.1. The number of hydrogen-bond acceptors (Lipinski definition) is 4. The predicted octanol–water partition coefficient (Wildman–Crippen LogP) is 1.75. The zero-order valence-corrected chi connectivity index (χ0v) is 12.8. The summed E-state index contributed by atoms with van der Waals surface area (Å²) < 4.78 is 0. The fourth-order valence-electron chi connectivity index (χ4n) is 3.20. The molecule has 20 heavy (non-hydrogen) atoms. The third-order valence-electron chi connectivity index (χ3n) is 4.48. The van der Waals surface area contributed by atoms with Crippen molar-refractivity contribution in [3.63, 3.8) is 0 Å². The Bertz CT molecular complexity index is 454. The fraction of sp³-hybridized carbons (Fsp3) is 0.667. The van der Waals surface area contributed by atoms with Crippen LogP contribution >= 0.6 is 11.3 Å². The highest BCUT2D eigenvalue weighted by Crippen LogP contribution is 2.34. The van der Waals surface area contributed by atoms with Gasteiger partial charge in [0, 0.05) is 23.5 Å². The molecule has 1 aromatic rings. The minimum atomic E-state index is 0.0772. The van der Waals surface area contributed by atoms with Crippen molar-refractivity contribution in [2.45, 2.75) is 37.8 Å². The number of amides is 1. The Labute approximate surface area is 124 Å². The molecule has 2 N–H and O–H groups in total. The highest BCUT2D eigenvalue weighted by Gasteiger charge is 2.33. The molecular weight excluding hydrogens is 270 g/mol. The van der Waals surface area contributed by atoms with Gasteiger partial charge in [0.25, 0.3) is 0 Å². The topological polar surface area (TPSA) is 44.4 Å². The first-order valence-electron chi connectivity index (χ1n) is 7.47. The molecule has 0 radical (unpaired) electrons. The quantitative estimate of drug-likeness (QED) is 0.889. The standard InChI is InChI=1S/C15H23N3OS/c1-15(6-7-16-11-15)17-10-14(19)18-8-2-4-12(18)13-5-3-9-20-13/h3,5,9,12,16-17H,2,4,6-8,10-11H2,1H3. The van der Waals surface area contributed by atoms with E-state index < -0.39 is 0 Å². The van der Waals surface area contributed by atoms with Gasteiger partial charge in [0.2, 0.25) is 5.91 Å². The van der Waals surface area contributed by atoms with Gasteiger partial charge in [-0.3, -0.25) is 4.79 Å². The summed E-state index contributed by atoms with van der Waals surface area (Å²) in [6, 6.07) is 4.53. The number of carbonyl (C=O) groups is 1. The van der Waals surface area contributed by atoms with Crippen LogP contribution in [0.5, 0.6) is 0 Å². The van der Waals surface area contributed by atoms with Gasteiger partial charge >= 0.3 is 0 Å². The Morgan fingerprint density at radius 2 is 2.55 bits per heavy atom. The van der Waals surface area contributed by atoms with E-state index >= 15 is 0 Å². The SMILES string of the molecule is CC1(NCC(=O)N2CCCC2c2cccs2)CCNC1. The van der Waals surface area contributed by atoms with E-state index in [1.807, 2.05) is 0 Å². The van der Waals surface area contributed by atoms with Crippen LogP contribution < -0.4 is 10.6 Å². The molecule has 0 saturated carbocycles. The van der Waals surface area contributed by atoms with E-state index in [-0.39, 0.29) is 11.4 Å². The second-order valence-corrected chi connectivity index (χ2v) is 7.08. The molecule has 0 aromatic carbocycles. The maximum Gasteiger partial charge on any atom is 0.237 e. The maximum atomic E-state index is 12.5. The molecule has 2 aliphatic rings. The average Bonchev–Trinajstić information content (AvgIpc) is 3.16. The van der Waals surface area contributed by atoms with E-state index in [0.717, 1.165) is 38.9 Å².